The standard InChI is InChI=1S/C13H16BrNO3/c1-9-5-6-11(14)10(8-9)13(17)15-7-3-4-12(16)18-2/h5-6,8H,3-4,7H2,1-2H3,(H,15,17). The van der Waals surface area contributed by atoms with E-state index in [0.29, 0.717) is 24.9 Å². The Labute approximate surface area is 115 Å². The molecule has 98 valence electrons. The van der Waals surface area contributed by atoms with Crippen molar-refractivity contribution in [2.75, 3.05) is 13.7 Å². The SMILES string of the molecule is COC(=O)CCCNC(=O)c1cc(C)ccc1Br. The van der Waals surface area contributed by atoms with Gasteiger partial charge in [0.15, 0.2) is 0 Å². The van der Waals surface area contributed by atoms with E-state index in [1.807, 2.05) is 25.1 Å². The van der Waals surface area contributed by atoms with Gasteiger partial charge in [0, 0.05) is 17.4 Å². The van der Waals surface area contributed by atoms with Crippen LogP contribution in [-0.4, -0.2) is 25.5 Å². The summed E-state index contributed by atoms with van der Waals surface area (Å²) in [6.07, 6.45) is 0.883. The molecular formula is C13H16BrNO3. The summed E-state index contributed by atoms with van der Waals surface area (Å²) in [5.74, 6) is -0.406. The lowest BCUT2D eigenvalue weighted by Crippen LogP contribution is -2.25. The van der Waals surface area contributed by atoms with Crippen molar-refractivity contribution in [2.45, 2.75) is 19.8 Å². The summed E-state index contributed by atoms with van der Waals surface area (Å²) in [5.41, 5.74) is 1.63. The molecule has 0 radical (unpaired) electrons. The molecule has 0 atom stereocenters. The second kappa shape index (κ2) is 7.16. The highest BCUT2D eigenvalue weighted by Crippen LogP contribution is 2.17. The number of hydrogen-bond acceptors (Lipinski definition) is 3. The number of ether oxygens (including phenoxy) is 1. The molecule has 0 unspecified atom stereocenters. The Hall–Kier alpha value is -1.36. The number of rotatable bonds is 5. The predicted molar refractivity (Wildman–Crippen MR) is 72.5 cm³/mol. The zero-order chi connectivity index (χ0) is 13.5. The van der Waals surface area contributed by atoms with Crippen LogP contribution >= 0.6 is 15.9 Å². The number of esters is 1. The van der Waals surface area contributed by atoms with Crippen molar-refractivity contribution in [2.24, 2.45) is 0 Å². The van der Waals surface area contributed by atoms with Crippen LogP contribution in [0, 0.1) is 6.92 Å². The Balaban J connectivity index is 2.46. The highest BCUT2D eigenvalue weighted by atomic mass is 79.9. The smallest absolute Gasteiger partial charge is 0.305 e. The number of carbonyl (C=O) groups excluding carboxylic acids is 2. The van der Waals surface area contributed by atoms with Crippen molar-refractivity contribution >= 4 is 27.8 Å². The number of hydrogen-bond donors (Lipinski definition) is 1. The molecule has 5 heteroatoms. The van der Waals surface area contributed by atoms with E-state index < -0.39 is 0 Å². The Bertz CT molecular complexity index is 446. The molecule has 1 aromatic rings. The van der Waals surface area contributed by atoms with Gasteiger partial charge in [-0.3, -0.25) is 9.59 Å². The normalized spacial score (nSPS) is 9.94. The van der Waals surface area contributed by atoms with E-state index in [0.717, 1.165) is 10.0 Å². The van der Waals surface area contributed by atoms with Crippen molar-refractivity contribution in [1.82, 2.24) is 5.32 Å². The number of nitrogens with one attached hydrogen (secondary N) is 1. The lowest BCUT2D eigenvalue weighted by molar-refractivity contribution is -0.140. The summed E-state index contributed by atoms with van der Waals surface area (Å²) in [5, 5.41) is 2.77. The Kier molecular flexibility index (Phi) is 5.85. The summed E-state index contributed by atoms with van der Waals surface area (Å²) >= 11 is 3.34. The molecular weight excluding hydrogens is 298 g/mol. The van der Waals surface area contributed by atoms with Crippen LogP contribution in [0.5, 0.6) is 0 Å². The third kappa shape index (κ3) is 4.49. The maximum Gasteiger partial charge on any atom is 0.305 e. The van der Waals surface area contributed by atoms with E-state index in [9.17, 15) is 9.59 Å². The van der Waals surface area contributed by atoms with Crippen LogP contribution in [0.15, 0.2) is 22.7 Å². The first-order valence-corrected chi connectivity index (χ1v) is 6.45. The van der Waals surface area contributed by atoms with Crippen LogP contribution in [0.2, 0.25) is 0 Å². The molecule has 0 aliphatic rings. The third-order valence-electron chi connectivity index (χ3n) is 2.44. The zero-order valence-electron chi connectivity index (χ0n) is 10.5. The monoisotopic (exact) mass is 313 g/mol. The fraction of sp³-hybridized carbons (Fsp3) is 0.385. The third-order valence-corrected chi connectivity index (χ3v) is 3.13. The number of aryl methyl sites for hydroxylation is 1. The molecule has 0 aliphatic heterocycles. The van der Waals surface area contributed by atoms with E-state index in [1.165, 1.54) is 7.11 Å². The fourth-order valence-corrected chi connectivity index (χ4v) is 1.87. The van der Waals surface area contributed by atoms with Gasteiger partial charge in [0.1, 0.15) is 0 Å². The summed E-state index contributed by atoms with van der Waals surface area (Å²) in [6.45, 7) is 2.38. The van der Waals surface area contributed by atoms with Crippen LogP contribution < -0.4 is 5.32 Å². The number of benzene rings is 1. The Morgan fingerprint density at radius 2 is 2.11 bits per heavy atom. The first-order valence-electron chi connectivity index (χ1n) is 5.65. The molecule has 0 aliphatic carbocycles. The van der Waals surface area contributed by atoms with Gasteiger partial charge in [-0.25, -0.2) is 0 Å². The molecule has 1 N–H and O–H groups in total. The van der Waals surface area contributed by atoms with Gasteiger partial charge in [0.05, 0.1) is 12.7 Å². The molecule has 4 nitrogen and oxygen atoms in total. The van der Waals surface area contributed by atoms with Crippen LogP contribution in [0.1, 0.15) is 28.8 Å². The lowest BCUT2D eigenvalue weighted by Gasteiger charge is -2.07. The van der Waals surface area contributed by atoms with Crippen molar-refractivity contribution in [3.63, 3.8) is 0 Å². The molecule has 1 aromatic carbocycles. The maximum atomic E-state index is 11.9. The maximum absolute atomic E-state index is 11.9. The summed E-state index contributed by atoms with van der Waals surface area (Å²) in [4.78, 5) is 22.8. The second-order valence-corrected chi connectivity index (χ2v) is 4.77. The van der Waals surface area contributed by atoms with Gasteiger partial charge in [-0.2, -0.15) is 0 Å². The Morgan fingerprint density at radius 1 is 1.39 bits per heavy atom. The van der Waals surface area contributed by atoms with Gasteiger partial charge in [0.2, 0.25) is 0 Å². The molecule has 1 rings (SSSR count). The lowest BCUT2D eigenvalue weighted by atomic mass is 10.1. The minimum Gasteiger partial charge on any atom is -0.469 e. The van der Waals surface area contributed by atoms with Crippen LogP contribution in [0.3, 0.4) is 0 Å². The first kappa shape index (κ1) is 14.7. The number of carbonyl (C=O) groups is 2. The van der Waals surface area contributed by atoms with Gasteiger partial charge in [-0.15, -0.1) is 0 Å². The minimum atomic E-state index is -0.263. The van der Waals surface area contributed by atoms with Crippen LogP contribution in [0.4, 0.5) is 0 Å². The average molecular weight is 314 g/mol. The molecule has 1 amide bonds. The van der Waals surface area contributed by atoms with Crippen LogP contribution in [-0.2, 0) is 9.53 Å². The molecule has 0 aromatic heterocycles. The van der Waals surface area contributed by atoms with E-state index in [1.54, 1.807) is 0 Å². The molecule has 18 heavy (non-hydrogen) atoms. The van der Waals surface area contributed by atoms with Crippen molar-refractivity contribution in [1.29, 1.82) is 0 Å². The highest BCUT2D eigenvalue weighted by Gasteiger charge is 2.09. The zero-order valence-corrected chi connectivity index (χ0v) is 12.0. The average Bonchev–Trinajstić information content (AvgIpc) is 2.36. The van der Waals surface area contributed by atoms with Crippen molar-refractivity contribution in [3.05, 3.63) is 33.8 Å². The molecule has 0 saturated heterocycles. The molecule has 0 bridgehead atoms. The summed E-state index contributed by atoms with van der Waals surface area (Å²) < 4.78 is 5.28. The largest absolute Gasteiger partial charge is 0.469 e. The number of halogens is 1. The quantitative estimate of drug-likeness (QED) is 0.671. The van der Waals surface area contributed by atoms with Gasteiger partial charge in [0.25, 0.3) is 5.91 Å². The summed E-state index contributed by atoms with van der Waals surface area (Å²) in [6, 6.07) is 5.59. The second-order valence-electron chi connectivity index (χ2n) is 3.92. The van der Waals surface area contributed by atoms with Crippen molar-refractivity contribution in [3.8, 4) is 0 Å². The van der Waals surface area contributed by atoms with Gasteiger partial charge in [-0.05, 0) is 41.4 Å². The van der Waals surface area contributed by atoms with E-state index >= 15 is 0 Å². The highest BCUT2D eigenvalue weighted by molar-refractivity contribution is 9.10. The van der Waals surface area contributed by atoms with Crippen molar-refractivity contribution < 1.29 is 14.3 Å². The fourth-order valence-electron chi connectivity index (χ4n) is 1.45. The van der Waals surface area contributed by atoms with Gasteiger partial charge in [-0.1, -0.05) is 11.6 Å². The molecule has 0 heterocycles. The summed E-state index contributed by atoms with van der Waals surface area (Å²) in [7, 11) is 1.35. The Morgan fingerprint density at radius 3 is 2.78 bits per heavy atom. The molecule has 0 spiro atoms. The van der Waals surface area contributed by atoms with Gasteiger partial charge < -0.3 is 10.1 Å². The van der Waals surface area contributed by atoms with E-state index in [-0.39, 0.29) is 11.9 Å². The number of methoxy groups -OCH3 is 1. The van der Waals surface area contributed by atoms with Gasteiger partial charge >= 0.3 is 5.97 Å². The number of amides is 1. The van der Waals surface area contributed by atoms with E-state index in [2.05, 4.69) is 26.0 Å². The first-order chi connectivity index (χ1) is 8.54. The van der Waals surface area contributed by atoms with E-state index in [4.69, 9.17) is 0 Å². The predicted octanol–water partition coefficient (Wildman–Crippen LogP) is 2.44. The minimum absolute atomic E-state index is 0.143. The molecule has 0 fully saturated rings. The topological polar surface area (TPSA) is 55.4 Å². The van der Waals surface area contributed by atoms with Crippen LogP contribution in [0.25, 0.3) is 0 Å². The molecule has 0 saturated carbocycles.